The topological polar surface area (TPSA) is 87.7 Å². The molecule has 1 atom stereocenters. The van der Waals surface area contributed by atoms with Crippen molar-refractivity contribution >= 4 is 27.3 Å². The highest BCUT2D eigenvalue weighted by atomic mass is 32.2. The number of carbonyl (C=O) groups excluding carboxylic acids is 1. The van der Waals surface area contributed by atoms with E-state index in [1.807, 2.05) is 6.07 Å². The van der Waals surface area contributed by atoms with Crippen LogP contribution in [-0.2, 0) is 16.6 Å². The van der Waals surface area contributed by atoms with Crippen LogP contribution < -0.4 is 15.4 Å². The number of nitrogens with zero attached hydrogens (tertiary/aromatic N) is 1. The van der Waals surface area contributed by atoms with Crippen molar-refractivity contribution in [3.05, 3.63) is 82.7 Å². The lowest BCUT2D eigenvalue weighted by atomic mass is 10.00. The molecule has 0 bridgehead atoms. The Morgan fingerprint density at radius 2 is 1.83 bits per heavy atom. The highest BCUT2D eigenvalue weighted by molar-refractivity contribution is 7.91. The smallest absolute Gasteiger partial charge is 0.252 e. The van der Waals surface area contributed by atoms with E-state index in [0.29, 0.717) is 40.6 Å². The van der Waals surface area contributed by atoms with E-state index in [9.17, 15) is 13.2 Å². The van der Waals surface area contributed by atoms with Crippen molar-refractivity contribution < 1.29 is 17.9 Å². The molecule has 36 heavy (non-hydrogen) atoms. The molecule has 1 aromatic heterocycles. The van der Waals surface area contributed by atoms with E-state index in [2.05, 4.69) is 41.8 Å². The summed E-state index contributed by atoms with van der Waals surface area (Å²) in [4.78, 5) is 13.2. The fraction of sp³-hybridized carbons (Fsp3) is 0.370. The molecule has 1 fully saturated rings. The molecule has 1 aliphatic heterocycles. The van der Waals surface area contributed by atoms with Crippen LogP contribution in [0, 0.1) is 0 Å². The number of hydrogen-bond donors (Lipinski definition) is 2. The molecule has 1 saturated heterocycles. The van der Waals surface area contributed by atoms with E-state index in [-0.39, 0.29) is 12.5 Å². The minimum Gasteiger partial charge on any atom is -0.497 e. The Bertz CT molecular complexity index is 1250. The zero-order valence-electron chi connectivity index (χ0n) is 20.6. The van der Waals surface area contributed by atoms with E-state index in [1.165, 1.54) is 16.9 Å². The molecule has 2 heterocycles. The summed E-state index contributed by atoms with van der Waals surface area (Å²) < 4.78 is 33.5. The summed E-state index contributed by atoms with van der Waals surface area (Å²) in [5.74, 6) is 0.779. The molecule has 1 unspecified atom stereocenters. The summed E-state index contributed by atoms with van der Waals surface area (Å²) in [5.41, 5.74) is 1.80. The lowest BCUT2D eigenvalue weighted by Gasteiger charge is -2.32. The van der Waals surface area contributed by atoms with E-state index in [4.69, 9.17) is 4.74 Å². The molecule has 0 saturated carbocycles. The number of methoxy groups -OCH3 is 1. The maximum absolute atomic E-state index is 13.2. The highest BCUT2D eigenvalue weighted by Crippen LogP contribution is 2.27. The highest BCUT2D eigenvalue weighted by Gasteiger charge is 2.30. The van der Waals surface area contributed by atoms with Gasteiger partial charge in [-0.2, -0.15) is 4.31 Å². The van der Waals surface area contributed by atoms with Gasteiger partial charge in [-0.1, -0.05) is 43.3 Å². The molecule has 4 rings (SSSR count). The van der Waals surface area contributed by atoms with Crippen LogP contribution in [-0.4, -0.2) is 51.4 Å². The molecule has 1 amide bonds. The summed E-state index contributed by atoms with van der Waals surface area (Å²) in [6, 6.07) is 21.0. The van der Waals surface area contributed by atoms with E-state index in [1.54, 1.807) is 47.8 Å². The van der Waals surface area contributed by atoms with Gasteiger partial charge in [0.25, 0.3) is 15.9 Å². The van der Waals surface area contributed by atoms with E-state index in [0.717, 1.165) is 24.3 Å². The van der Waals surface area contributed by atoms with Crippen LogP contribution in [0.2, 0.25) is 0 Å². The zero-order valence-corrected chi connectivity index (χ0v) is 22.3. The number of benzene rings is 2. The quantitative estimate of drug-likeness (QED) is 0.412. The van der Waals surface area contributed by atoms with Gasteiger partial charge in [0, 0.05) is 36.1 Å². The molecular formula is C27H33N3O4S2. The largest absolute Gasteiger partial charge is 0.497 e. The maximum Gasteiger partial charge on any atom is 0.252 e. The molecule has 0 aliphatic carbocycles. The maximum atomic E-state index is 13.2. The normalized spacial score (nSPS) is 15.9. The molecule has 0 radical (unpaired) electrons. The number of hydrogen-bond acceptors (Lipinski definition) is 6. The first kappa shape index (κ1) is 26.3. The van der Waals surface area contributed by atoms with Crippen LogP contribution >= 0.6 is 11.3 Å². The zero-order chi connectivity index (χ0) is 25.5. The van der Waals surface area contributed by atoms with Crippen LogP contribution in [0.25, 0.3) is 0 Å². The Hall–Kier alpha value is -2.72. The number of carbonyl (C=O) groups is 1. The van der Waals surface area contributed by atoms with Gasteiger partial charge < -0.3 is 15.4 Å². The van der Waals surface area contributed by atoms with Crippen LogP contribution in [0.3, 0.4) is 0 Å². The molecule has 3 aromatic rings. The molecule has 1 aliphatic rings. The fourth-order valence-electron chi connectivity index (χ4n) is 4.30. The van der Waals surface area contributed by atoms with Crippen molar-refractivity contribution in [1.82, 2.24) is 14.9 Å². The minimum absolute atomic E-state index is 0.233. The molecule has 0 spiro atoms. The van der Waals surface area contributed by atoms with Crippen molar-refractivity contribution in [2.75, 3.05) is 26.7 Å². The first-order chi connectivity index (χ1) is 17.4. The molecule has 9 heteroatoms. The summed E-state index contributed by atoms with van der Waals surface area (Å²) in [7, 11) is -1.99. The van der Waals surface area contributed by atoms with Crippen molar-refractivity contribution in [2.24, 2.45) is 0 Å². The third-order valence-corrected chi connectivity index (χ3v) is 9.97. The number of thiophene rings is 1. The van der Waals surface area contributed by atoms with Crippen LogP contribution in [0.1, 0.15) is 46.5 Å². The van der Waals surface area contributed by atoms with Gasteiger partial charge in [-0.15, -0.1) is 11.3 Å². The summed E-state index contributed by atoms with van der Waals surface area (Å²) in [5, 5.41) is 6.47. The summed E-state index contributed by atoms with van der Waals surface area (Å²) in [6.07, 6.45) is 1.57. The molecule has 192 valence electrons. The van der Waals surface area contributed by atoms with Gasteiger partial charge >= 0.3 is 0 Å². The van der Waals surface area contributed by atoms with Crippen LogP contribution in [0.15, 0.2) is 70.9 Å². The van der Waals surface area contributed by atoms with Gasteiger partial charge in [0.2, 0.25) is 0 Å². The van der Waals surface area contributed by atoms with E-state index >= 15 is 0 Å². The second-order valence-electron chi connectivity index (χ2n) is 9.03. The second-order valence-corrected chi connectivity index (χ2v) is 12.4. The standard InChI is InChI=1S/C27H33N3O4S2/c1-20(21-7-4-3-5-8-21)18-28-23-13-15-30(16-14-23)36(32,33)26-12-11-25(35-26)19-29-27(31)22-9-6-10-24(17-22)34-2/h3-12,17,20,23,28H,13-16,18-19H2,1-2H3,(H,29,31). The van der Waals surface area contributed by atoms with Crippen molar-refractivity contribution in [1.29, 1.82) is 0 Å². The fourth-order valence-corrected chi connectivity index (χ4v) is 7.22. The van der Waals surface area contributed by atoms with Crippen molar-refractivity contribution in [2.45, 2.75) is 42.5 Å². The van der Waals surface area contributed by atoms with Crippen molar-refractivity contribution in [3.63, 3.8) is 0 Å². The molecule has 2 aromatic carbocycles. The Balaban J connectivity index is 1.27. The Kier molecular flexibility index (Phi) is 8.79. The van der Waals surface area contributed by atoms with Gasteiger partial charge in [-0.3, -0.25) is 4.79 Å². The number of ether oxygens (including phenoxy) is 1. The van der Waals surface area contributed by atoms with E-state index < -0.39 is 10.0 Å². The lowest BCUT2D eigenvalue weighted by molar-refractivity contribution is 0.0951. The number of nitrogens with one attached hydrogen (secondary N) is 2. The predicted octanol–water partition coefficient (Wildman–Crippen LogP) is 4.23. The average Bonchev–Trinajstić information content (AvgIpc) is 3.41. The van der Waals surface area contributed by atoms with Crippen LogP contribution in [0.5, 0.6) is 5.75 Å². The first-order valence-corrected chi connectivity index (χ1v) is 14.4. The van der Waals surface area contributed by atoms with Gasteiger partial charge in [0.05, 0.1) is 13.7 Å². The van der Waals surface area contributed by atoms with Gasteiger partial charge in [0.1, 0.15) is 9.96 Å². The van der Waals surface area contributed by atoms with Gasteiger partial charge in [-0.25, -0.2) is 8.42 Å². The third kappa shape index (κ3) is 6.53. The lowest BCUT2D eigenvalue weighted by Crippen LogP contribution is -2.45. The SMILES string of the molecule is COc1cccc(C(=O)NCc2ccc(S(=O)(=O)N3CCC(NCC(C)c4ccccc4)CC3)s2)c1. The minimum atomic E-state index is -3.54. The van der Waals surface area contributed by atoms with Crippen molar-refractivity contribution in [3.8, 4) is 5.75 Å². The van der Waals surface area contributed by atoms with Crippen LogP contribution in [0.4, 0.5) is 0 Å². The Labute approximate surface area is 217 Å². The summed E-state index contributed by atoms with van der Waals surface area (Å²) in [6.45, 7) is 4.34. The first-order valence-electron chi connectivity index (χ1n) is 12.2. The molecule has 7 nitrogen and oxygen atoms in total. The van der Waals surface area contributed by atoms with Gasteiger partial charge in [-0.05, 0) is 54.7 Å². The molecular weight excluding hydrogens is 494 g/mol. The Morgan fingerprint density at radius 1 is 1.08 bits per heavy atom. The number of amides is 1. The second kappa shape index (κ2) is 12.0. The predicted molar refractivity (Wildman–Crippen MR) is 143 cm³/mol. The molecule has 2 N–H and O–H groups in total. The third-order valence-electron chi connectivity index (χ3n) is 6.52. The summed E-state index contributed by atoms with van der Waals surface area (Å²) >= 11 is 1.21. The van der Waals surface area contributed by atoms with Gasteiger partial charge in [0.15, 0.2) is 0 Å². The number of sulfonamides is 1. The average molecular weight is 528 g/mol. The number of rotatable bonds is 10. The Morgan fingerprint density at radius 3 is 2.56 bits per heavy atom. The number of piperidine rings is 1. The monoisotopic (exact) mass is 527 g/mol.